The number of hydrogen-bond acceptors (Lipinski definition) is 6. The Hall–Kier alpha value is -2.70. The van der Waals surface area contributed by atoms with Gasteiger partial charge in [0.05, 0.1) is 6.04 Å². The molecular weight excluding hydrogens is 392 g/mol. The summed E-state index contributed by atoms with van der Waals surface area (Å²) in [5, 5.41) is 0.575. The topological polar surface area (TPSA) is 145 Å². The molecule has 0 saturated carbocycles. The number of amides is 4. The van der Waals surface area contributed by atoms with Crippen molar-refractivity contribution in [3.05, 3.63) is 35.9 Å². The number of benzene rings is 1. The Morgan fingerprint density at radius 3 is 2.46 bits per heavy atom. The lowest BCUT2D eigenvalue weighted by molar-refractivity contribution is -0.129. The Kier molecular flexibility index (Phi) is 5.04. The number of nitrogens with one attached hydrogen (secondary N) is 2. The van der Waals surface area contributed by atoms with E-state index in [0.717, 1.165) is 4.90 Å². The Labute approximate surface area is 161 Å². The van der Waals surface area contributed by atoms with Gasteiger partial charge in [-0.25, -0.2) is 4.79 Å². The third kappa shape index (κ3) is 3.93. The monoisotopic (exact) mass is 412 g/mol. The molecule has 2 aliphatic rings. The molecule has 4 amide bonds. The van der Waals surface area contributed by atoms with Gasteiger partial charge in [0.1, 0.15) is 6.04 Å². The van der Waals surface area contributed by atoms with Crippen molar-refractivity contribution in [2.24, 2.45) is 5.41 Å². The van der Waals surface area contributed by atoms with E-state index >= 15 is 0 Å². The summed E-state index contributed by atoms with van der Waals surface area (Å²) in [5.41, 5.74) is 4.23. The summed E-state index contributed by atoms with van der Waals surface area (Å²) in [7, 11) is -4.90. The molecule has 1 aromatic rings. The zero-order valence-electron chi connectivity index (χ0n) is 15.2. The molecule has 2 unspecified atom stereocenters. The molecule has 2 bridgehead atoms. The zero-order valence-corrected chi connectivity index (χ0v) is 16.0. The Morgan fingerprint density at radius 2 is 1.86 bits per heavy atom. The third-order valence-corrected chi connectivity index (χ3v) is 5.25. The van der Waals surface area contributed by atoms with Crippen LogP contribution in [-0.2, 0) is 19.5 Å². The van der Waals surface area contributed by atoms with Crippen molar-refractivity contribution >= 4 is 28.2 Å². The fraction of sp³-hybridized carbons (Fsp3) is 0.438. The van der Waals surface area contributed by atoms with Crippen LogP contribution in [0.4, 0.5) is 4.79 Å². The molecule has 0 spiro atoms. The molecule has 28 heavy (non-hydrogen) atoms. The lowest BCUT2D eigenvalue weighted by Crippen LogP contribution is -2.57. The van der Waals surface area contributed by atoms with Crippen LogP contribution in [0.25, 0.3) is 0 Å². The van der Waals surface area contributed by atoms with Crippen LogP contribution in [0, 0.1) is 5.41 Å². The average Bonchev–Trinajstić information content (AvgIpc) is 2.90. The second-order valence-electron chi connectivity index (χ2n) is 7.30. The SMILES string of the molecule is CC1(C)CC(C(=O)NNC(=O)c2ccccc2)N2CC1N(OS(=O)(=O)O)C2=O. The van der Waals surface area contributed by atoms with E-state index in [0.29, 0.717) is 10.6 Å². The molecule has 0 aliphatic carbocycles. The first-order chi connectivity index (χ1) is 13.0. The highest BCUT2D eigenvalue weighted by Gasteiger charge is 2.56. The van der Waals surface area contributed by atoms with Crippen LogP contribution in [0.15, 0.2) is 30.3 Å². The maximum absolute atomic E-state index is 12.6. The van der Waals surface area contributed by atoms with Crippen LogP contribution in [0.1, 0.15) is 30.6 Å². The highest BCUT2D eigenvalue weighted by molar-refractivity contribution is 7.80. The second kappa shape index (κ2) is 7.04. The van der Waals surface area contributed by atoms with Crippen molar-refractivity contribution in [2.75, 3.05) is 6.54 Å². The number of carbonyl (C=O) groups is 3. The van der Waals surface area contributed by atoms with Gasteiger partial charge < -0.3 is 4.90 Å². The van der Waals surface area contributed by atoms with E-state index in [1.165, 1.54) is 0 Å². The summed E-state index contributed by atoms with van der Waals surface area (Å²) < 4.78 is 35.4. The van der Waals surface area contributed by atoms with Crippen molar-refractivity contribution in [1.29, 1.82) is 0 Å². The number of urea groups is 1. The van der Waals surface area contributed by atoms with Gasteiger partial charge in [0.25, 0.3) is 11.8 Å². The van der Waals surface area contributed by atoms with E-state index in [1.807, 2.05) is 0 Å². The van der Waals surface area contributed by atoms with Gasteiger partial charge in [0.2, 0.25) is 0 Å². The Bertz CT molecular complexity index is 903. The van der Waals surface area contributed by atoms with Crippen LogP contribution in [0.3, 0.4) is 0 Å². The van der Waals surface area contributed by atoms with Gasteiger partial charge >= 0.3 is 16.4 Å². The van der Waals surface area contributed by atoms with E-state index in [2.05, 4.69) is 15.1 Å². The number of hydrogen-bond donors (Lipinski definition) is 3. The minimum Gasteiger partial charge on any atom is -0.309 e. The predicted octanol–water partition coefficient (Wildman–Crippen LogP) is 0.0867. The first kappa shape index (κ1) is 20.0. The minimum atomic E-state index is -4.90. The molecule has 2 aliphatic heterocycles. The first-order valence-electron chi connectivity index (χ1n) is 8.42. The van der Waals surface area contributed by atoms with Gasteiger partial charge in [0, 0.05) is 12.1 Å². The van der Waals surface area contributed by atoms with Crippen LogP contribution < -0.4 is 10.9 Å². The number of fused-ring (bicyclic) bond motifs is 2. The quantitative estimate of drug-likeness (QED) is 0.469. The predicted molar refractivity (Wildman–Crippen MR) is 94.6 cm³/mol. The molecule has 2 heterocycles. The molecule has 0 aromatic heterocycles. The summed E-state index contributed by atoms with van der Waals surface area (Å²) in [4.78, 5) is 38.3. The fourth-order valence-corrected chi connectivity index (χ4v) is 3.82. The van der Waals surface area contributed by atoms with Crippen LogP contribution >= 0.6 is 0 Å². The summed E-state index contributed by atoms with van der Waals surface area (Å²) in [6.45, 7) is 3.53. The van der Waals surface area contributed by atoms with E-state index in [-0.39, 0.29) is 13.0 Å². The second-order valence-corrected chi connectivity index (χ2v) is 8.30. The van der Waals surface area contributed by atoms with Crippen LogP contribution in [-0.4, -0.2) is 59.4 Å². The van der Waals surface area contributed by atoms with Crippen LogP contribution in [0.5, 0.6) is 0 Å². The fourth-order valence-electron chi connectivity index (χ4n) is 3.45. The van der Waals surface area contributed by atoms with E-state index in [9.17, 15) is 22.8 Å². The van der Waals surface area contributed by atoms with Gasteiger partial charge in [-0.3, -0.25) is 25.0 Å². The highest BCUT2D eigenvalue weighted by atomic mass is 32.3. The molecule has 152 valence electrons. The highest BCUT2D eigenvalue weighted by Crippen LogP contribution is 2.42. The minimum absolute atomic E-state index is 0.0338. The first-order valence-corrected chi connectivity index (χ1v) is 9.78. The Morgan fingerprint density at radius 1 is 1.21 bits per heavy atom. The molecule has 3 N–H and O–H groups in total. The molecule has 1 aromatic carbocycles. The maximum atomic E-state index is 12.6. The number of piperidine rings is 1. The van der Waals surface area contributed by atoms with Crippen molar-refractivity contribution in [2.45, 2.75) is 32.4 Å². The van der Waals surface area contributed by atoms with E-state index in [4.69, 9.17) is 4.55 Å². The summed E-state index contributed by atoms with van der Waals surface area (Å²) in [5.74, 6) is -1.15. The molecule has 2 fully saturated rings. The molecule has 0 radical (unpaired) electrons. The molecule has 2 atom stereocenters. The molecular formula is C16H20N4O7S. The van der Waals surface area contributed by atoms with Crippen molar-refractivity contribution in [3.63, 3.8) is 0 Å². The smallest absolute Gasteiger partial charge is 0.309 e. The van der Waals surface area contributed by atoms with Gasteiger partial charge in [-0.15, -0.1) is 4.28 Å². The van der Waals surface area contributed by atoms with Crippen molar-refractivity contribution in [1.82, 2.24) is 20.8 Å². The van der Waals surface area contributed by atoms with Gasteiger partial charge in [-0.1, -0.05) is 32.0 Å². The largest absolute Gasteiger partial charge is 0.418 e. The van der Waals surface area contributed by atoms with Gasteiger partial charge in [0.15, 0.2) is 0 Å². The number of hydrazine groups is 1. The average molecular weight is 412 g/mol. The van der Waals surface area contributed by atoms with Gasteiger partial charge in [-0.05, 0) is 24.0 Å². The number of nitrogens with zero attached hydrogens (tertiary/aromatic N) is 2. The van der Waals surface area contributed by atoms with E-state index in [1.54, 1.807) is 44.2 Å². The molecule has 12 heteroatoms. The van der Waals surface area contributed by atoms with Crippen molar-refractivity contribution in [3.8, 4) is 0 Å². The molecule has 2 saturated heterocycles. The lowest BCUT2D eigenvalue weighted by Gasteiger charge is -2.40. The zero-order chi connectivity index (χ0) is 20.7. The Balaban J connectivity index is 1.72. The third-order valence-electron chi connectivity index (χ3n) is 4.90. The standard InChI is InChI=1S/C16H20N4O7S/c1-16(2)8-11(14(22)18-17-13(21)10-6-4-3-5-7-10)19-9-12(16)20(15(19)23)27-28(24,25)26/h3-7,11-12H,8-9H2,1-2H3,(H,17,21)(H,18,22)(H,24,25,26). The van der Waals surface area contributed by atoms with Crippen LogP contribution in [0.2, 0.25) is 0 Å². The van der Waals surface area contributed by atoms with Gasteiger partial charge in [-0.2, -0.15) is 13.5 Å². The molecule has 3 rings (SSSR count). The lowest BCUT2D eigenvalue weighted by atomic mass is 9.76. The maximum Gasteiger partial charge on any atom is 0.418 e. The van der Waals surface area contributed by atoms with E-state index < -0.39 is 45.7 Å². The number of carbonyl (C=O) groups excluding carboxylic acids is 3. The number of hydroxylamine groups is 2. The normalized spacial score (nSPS) is 23.5. The summed E-state index contributed by atoms with van der Waals surface area (Å²) in [6, 6.07) is 5.75. The number of rotatable bonds is 4. The van der Waals surface area contributed by atoms with Crippen molar-refractivity contribution < 1.29 is 31.6 Å². The molecule has 11 nitrogen and oxygen atoms in total. The summed E-state index contributed by atoms with van der Waals surface area (Å²) >= 11 is 0. The summed E-state index contributed by atoms with van der Waals surface area (Å²) in [6.07, 6.45) is 0.196.